The van der Waals surface area contributed by atoms with Gasteiger partial charge in [-0.1, -0.05) is 0 Å². The molecule has 1 heterocycles. The molecule has 1 aromatic heterocycles. The monoisotopic (exact) mass is 448 g/mol. The summed E-state index contributed by atoms with van der Waals surface area (Å²) in [5.41, 5.74) is 1.38. The van der Waals surface area contributed by atoms with E-state index in [1.165, 1.54) is 6.07 Å². The van der Waals surface area contributed by atoms with E-state index in [1.54, 1.807) is 0 Å². The Balaban J connectivity index is 0.00000288. The van der Waals surface area contributed by atoms with Crippen molar-refractivity contribution in [3.8, 4) is 0 Å². The third-order valence-electron chi connectivity index (χ3n) is 3.55. The highest BCUT2D eigenvalue weighted by molar-refractivity contribution is 14.0. The van der Waals surface area contributed by atoms with Crippen molar-refractivity contribution in [1.29, 1.82) is 0 Å². The summed E-state index contributed by atoms with van der Waals surface area (Å²) in [5.74, 6) is -0.257. The highest BCUT2D eigenvalue weighted by Gasteiger charge is 2.09. The van der Waals surface area contributed by atoms with E-state index < -0.39 is 11.6 Å². The molecule has 2 aromatic rings. The molecule has 0 aliphatic heterocycles. The van der Waals surface area contributed by atoms with Gasteiger partial charge >= 0.3 is 0 Å². The maximum absolute atomic E-state index is 13.7. The van der Waals surface area contributed by atoms with Crippen molar-refractivity contribution in [3.05, 3.63) is 59.4 Å². The molecule has 0 aliphatic rings. The van der Waals surface area contributed by atoms with E-state index >= 15 is 0 Å². The minimum atomic E-state index is -0.459. The lowest BCUT2D eigenvalue weighted by Crippen LogP contribution is -2.38. The minimum absolute atomic E-state index is 0. The first-order valence-electron chi connectivity index (χ1n) is 7.55. The van der Waals surface area contributed by atoms with Crippen LogP contribution in [0.5, 0.6) is 0 Å². The standard InChI is InChI=1S/C17H22F2N4.HI/c1-4-20-17(23(3)12-15-6-5-9-22(15)2)21-11-13-10-14(18)7-8-16(13)19;/h5-10H,4,11-12H2,1-3H3,(H,20,21);1H. The molecule has 0 atom stereocenters. The van der Waals surface area contributed by atoms with E-state index in [2.05, 4.69) is 10.3 Å². The van der Waals surface area contributed by atoms with Crippen molar-refractivity contribution in [3.63, 3.8) is 0 Å². The highest BCUT2D eigenvalue weighted by atomic mass is 127. The number of guanidine groups is 1. The highest BCUT2D eigenvalue weighted by Crippen LogP contribution is 2.11. The average Bonchev–Trinajstić information content (AvgIpc) is 2.91. The fourth-order valence-electron chi connectivity index (χ4n) is 2.27. The number of aliphatic imine (C=N–C) groups is 1. The third kappa shape index (κ3) is 5.47. The van der Waals surface area contributed by atoms with Gasteiger partial charge in [0.05, 0.1) is 13.1 Å². The van der Waals surface area contributed by atoms with Gasteiger partial charge in [0, 0.05) is 38.1 Å². The second-order valence-electron chi connectivity index (χ2n) is 5.37. The lowest BCUT2D eigenvalue weighted by atomic mass is 10.2. The molecule has 0 unspecified atom stereocenters. The van der Waals surface area contributed by atoms with Gasteiger partial charge < -0.3 is 14.8 Å². The molecule has 0 aliphatic carbocycles. The van der Waals surface area contributed by atoms with Crippen molar-refractivity contribution in [2.75, 3.05) is 13.6 Å². The van der Waals surface area contributed by atoms with E-state index in [0.29, 0.717) is 19.0 Å². The van der Waals surface area contributed by atoms with Crippen LogP contribution >= 0.6 is 24.0 Å². The Morgan fingerprint density at radius 1 is 1.29 bits per heavy atom. The molecular formula is C17H23F2IN4. The molecule has 1 N–H and O–H groups in total. The van der Waals surface area contributed by atoms with Crippen LogP contribution in [0.25, 0.3) is 0 Å². The molecule has 132 valence electrons. The Morgan fingerprint density at radius 3 is 2.67 bits per heavy atom. The van der Waals surface area contributed by atoms with Crippen molar-refractivity contribution >= 4 is 29.9 Å². The van der Waals surface area contributed by atoms with Crippen LogP contribution in [-0.4, -0.2) is 29.0 Å². The molecule has 0 bridgehead atoms. The lowest BCUT2D eigenvalue weighted by Gasteiger charge is -2.22. The zero-order valence-electron chi connectivity index (χ0n) is 14.1. The number of hydrogen-bond donors (Lipinski definition) is 1. The van der Waals surface area contributed by atoms with Crippen LogP contribution in [-0.2, 0) is 20.1 Å². The van der Waals surface area contributed by atoms with E-state index in [0.717, 1.165) is 17.8 Å². The van der Waals surface area contributed by atoms with Crippen LogP contribution in [0.1, 0.15) is 18.2 Å². The van der Waals surface area contributed by atoms with Gasteiger partial charge in [0.2, 0.25) is 0 Å². The van der Waals surface area contributed by atoms with Gasteiger partial charge in [-0.2, -0.15) is 0 Å². The molecule has 4 nitrogen and oxygen atoms in total. The fourth-order valence-corrected chi connectivity index (χ4v) is 2.27. The van der Waals surface area contributed by atoms with Crippen LogP contribution in [0.2, 0.25) is 0 Å². The summed E-state index contributed by atoms with van der Waals surface area (Å²) >= 11 is 0. The number of rotatable bonds is 5. The minimum Gasteiger partial charge on any atom is -0.357 e. The average molecular weight is 448 g/mol. The zero-order valence-corrected chi connectivity index (χ0v) is 16.4. The first kappa shape index (κ1) is 20.4. The van der Waals surface area contributed by atoms with Gasteiger partial charge in [-0.05, 0) is 37.3 Å². The third-order valence-corrected chi connectivity index (χ3v) is 3.55. The number of aromatic nitrogens is 1. The van der Waals surface area contributed by atoms with Gasteiger partial charge in [0.1, 0.15) is 11.6 Å². The van der Waals surface area contributed by atoms with Crippen LogP contribution in [0.3, 0.4) is 0 Å². The Hall–Kier alpha value is -1.64. The molecule has 0 amide bonds. The van der Waals surface area contributed by atoms with Crippen molar-refractivity contribution in [1.82, 2.24) is 14.8 Å². The van der Waals surface area contributed by atoms with Crippen LogP contribution in [0, 0.1) is 11.6 Å². The van der Waals surface area contributed by atoms with Gasteiger partial charge in [-0.15, -0.1) is 24.0 Å². The number of nitrogens with one attached hydrogen (secondary N) is 1. The molecule has 0 fully saturated rings. The predicted octanol–water partition coefficient (Wildman–Crippen LogP) is 3.52. The number of benzene rings is 1. The van der Waals surface area contributed by atoms with Crippen molar-refractivity contribution in [2.24, 2.45) is 12.0 Å². The van der Waals surface area contributed by atoms with Gasteiger partial charge in [0.15, 0.2) is 5.96 Å². The van der Waals surface area contributed by atoms with Gasteiger partial charge in [0.25, 0.3) is 0 Å². The summed E-state index contributed by atoms with van der Waals surface area (Å²) < 4.78 is 29.0. The topological polar surface area (TPSA) is 32.6 Å². The van der Waals surface area contributed by atoms with Crippen molar-refractivity contribution in [2.45, 2.75) is 20.0 Å². The molecular weight excluding hydrogens is 425 g/mol. The SMILES string of the molecule is CCNC(=NCc1cc(F)ccc1F)N(C)Cc1cccn1C.I. The smallest absolute Gasteiger partial charge is 0.194 e. The largest absolute Gasteiger partial charge is 0.357 e. The summed E-state index contributed by atoms with van der Waals surface area (Å²) in [4.78, 5) is 6.37. The molecule has 0 radical (unpaired) electrons. The Labute approximate surface area is 158 Å². The summed E-state index contributed by atoms with van der Waals surface area (Å²) in [6.45, 7) is 3.42. The predicted molar refractivity (Wildman–Crippen MR) is 103 cm³/mol. The molecule has 2 rings (SSSR count). The molecule has 0 spiro atoms. The summed E-state index contributed by atoms with van der Waals surface area (Å²) in [7, 11) is 3.89. The number of aryl methyl sites for hydroxylation is 1. The Kier molecular flexibility index (Phi) is 8.17. The van der Waals surface area contributed by atoms with E-state index in [9.17, 15) is 8.78 Å². The number of halogens is 3. The van der Waals surface area contributed by atoms with Crippen molar-refractivity contribution < 1.29 is 8.78 Å². The normalized spacial score (nSPS) is 11.1. The zero-order chi connectivity index (χ0) is 16.8. The van der Waals surface area contributed by atoms with E-state index in [4.69, 9.17) is 0 Å². The summed E-state index contributed by atoms with van der Waals surface area (Å²) in [6.07, 6.45) is 1.98. The molecule has 7 heteroatoms. The quantitative estimate of drug-likeness (QED) is 0.432. The Bertz CT molecular complexity index is 685. The first-order valence-corrected chi connectivity index (χ1v) is 7.55. The first-order chi connectivity index (χ1) is 11.0. The maximum atomic E-state index is 13.7. The second-order valence-corrected chi connectivity index (χ2v) is 5.37. The number of nitrogens with zero attached hydrogens (tertiary/aromatic N) is 3. The summed E-state index contributed by atoms with van der Waals surface area (Å²) in [6, 6.07) is 7.43. The van der Waals surface area contributed by atoms with Crippen LogP contribution < -0.4 is 5.32 Å². The van der Waals surface area contributed by atoms with E-state index in [1.807, 2.05) is 48.8 Å². The van der Waals surface area contributed by atoms with Crippen LogP contribution in [0.15, 0.2) is 41.5 Å². The van der Waals surface area contributed by atoms with Gasteiger partial charge in [-0.3, -0.25) is 0 Å². The lowest BCUT2D eigenvalue weighted by molar-refractivity contribution is 0.461. The maximum Gasteiger partial charge on any atom is 0.194 e. The van der Waals surface area contributed by atoms with Gasteiger partial charge in [-0.25, -0.2) is 13.8 Å². The molecule has 0 saturated heterocycles. The molecule has 1 aromatic carbocycles. The van der Waals surface area contributed by atoms with Crippen LogP contribution in [0.4, 0.5) is 8.78 Å². The van der Waals surface area contributed by atoms with E-state index in [-0.39, 0.29) is 36.1 Å². The molecule has 0 saturated carbocycles. The molecule has 24 heavy (non-hydrogen) atoms. The fraction of sp³-hybridized carbons (Fsp3) is 0.353. The second kappa shape index (κ2) is 9.61. The Morgan fingerprint density at radius 2 is 2.04 bits per heavy atom. The number of hydrogen-bond acceptors (Lipinski definition) is 1. The summed E-state index contributed by atoms with van der Waals surface area (Å²) in [5, 5.41) is 3.17.